The number of hydrogen-bond acceptors (Lipinski definition) is 3. The van der Waals surface area contributed by atoms with E-state index in [1.807, 2.05) is 0 Å². The van der Waals surface area contributed by atoms with Gasteiger partial charge in [0.15, 0.2) is 0 Å². The summed E-state index contributed by atoms with van der Waals surface area (Å²) in [5.41, 5.74) is 0.121. The van der Waals surface area contributed by atoms with E-state index in [9.17, 15) is 4.79 Å². The van der Waals surface area contributed by atoms with Crippen LogP contribution in [0.2, 0.25) is 0 Å². The van der Waals surface area contributed by atoms with Crippen molar-refractivity contribution in [1.82, 2.24) is 20.2 Å². The second-order valence-electron chi connectivity index (χ2n) is 5.69. The van der Waals surface area contributed by atoms with Gasteiger partial charge in [-0.15, -0.1) is 0 Å². The molecule has 2 amide bonds. The molecule has 2 N–H and O–H groups in total. The van der Waals surface area contributed by atoms with Crippen LogP contribution in [0, 0.1) is 5.41 Å². The molecule has 6 nitrogen and oxygen atoms in total. The Labute approximate surface area is 119 Å². The van der Waals surface area contributed by atoms with Gasteiger partial charge < -0.3 is 19.9 Å². The fourth-order valence-corrected chi connectivity index (χ4v) is 2.88. The van der Waals surface area contributed by atoms with Gasteiger partial charge in [0.1, 0.15) is 5.82 Å². The molecule has 2 rings (SSSR count). The lowest BCUT2D eigenvalue weighted by Gasteiger charge is -2.29. The predicted octanol–water partition coefficient (Wildman–Crippen LogP) is 1.76. The molecule has 0 radical (unpaired) electrons. The zero-order chi connectivity index (χ0) is 14.4. The summed E-state index contributed by atoms with van der Waals surface area (Å²) in [4.78, 5) is 20.9. The number of carbonyl (C=O) groups is 1. The smallest absolute Gasteiger partial charge is 0.317 e. The summed E-state index contributed by atoms with van der Waals surface area (Å²) in [6.07, 6.45) is 8.15. The van der Waals surface area contributed by atoms with Gasteiger partial charge in [0.2, 0.25) is 0 Å². The van der Waals surface area contributed by atoms with Crippen molar-refractivity contribution in [2.75, 3.05) is 27.3 Å². The number of nitrogens with zero attached hydrogens (tertiary/aromatic N) is 2. The molecule has 0 aliphatic heterocycles. The van der Waals surface area contributed by atoms with E-state index in [0.717, 1.165) is 25.3 Å². The molecule has 1 aliphatic carbocycles. The van der Waals surface area contributed by atoms with Gasteiger partial charge in [0.25, 0.3) is 0 Å². The first kappa shape index (κ1) is 14.8. The molecule has 6 heteroatoms. The number of imidazole rings is 1. The average Bonchev–Trinajstić information content (AvgIpc) is 3.09. The van der Waals surface area contributed by atoms with Gasteiger partial charge in [0, 0.05) is 38.5 Å². The molecule has 1 aromatic heterocycles. The highest BCUT2D eigenvalue weighted by Gasteiger charge is 2.34. The van der Waals surface area contributed by atoms with Crippen LogP contribution in [0.3, 0.4) is 0 Å². The zero-order valence-corrected chi connectivity index (χ0v) is 12.3. The number of rotatable bonds is 6. The Balaban J connectivity index is 1.81. The highest BCUT2D eigenvalue weighted by atomic mass is 16.5. The molecule has 20 heavy (non-hydrogen) atoms. The number of hydrogen-bond donors (Lipinski definition) is 2. The van der Waals surface area contributed by atoms with E-state index in [1.54, 1.807) is 31.5 Å². The number of amides is 2. The lowest BCUT2D eigenvalue weighted by molar-refractivity contribution is 0.0828. The first-order valence-corrected chi connectivity index (χ1v) is 7.11. The lowest BCUT2D eigenvalue weighted by atomic mass is 9.87. The van der Waals surface area contributed by atoms with Crippen molar-refractivity contribution in [3.8, 4) is 0 Å². The van der Waals surface area contributed by atoms with Crippen LogP contribution in [-0.2, 0) is 11.3 Å². The second-order valence-corrected chi connectivity index (χ2v) is 5.69. The Morgan fingerprint density at radius 2 is 2.30 bits per heavy atom. The predicted molar refractivity (Wildman–Crippen MR) is 76.2 cm³/mol. The van der Waals surface area contributed by atoms with Crippen molar-refractivity contribution >= 4 is 6.03 Å². The van der Waals surface area contributed by atoms with Gasteiger partial charge in [-0.05, 0) is 12.8 Å². The fraction of sp³-hybridized carbons (Fsp3) is 0.714. The third-order valence-electron chi connectivity index (χ3n) is 4.02. The maximum atomic E-state index is 12.1. The minimum atomic E-state index is -0.0659. The maximum absolute atomic E-state index is 12.1. The fourth-order valence-electron chi connectivity index (χ4n) is 2.88. The van der Waals surface area contributed by atoms with Gasteiger partial charge in [0.05, 0.1) is 13.2 Å². The molecule has 1 aliphatic rings. The van der Waals surface area contributed by atoms with Crippen molar-refractivity contribution in [3.05, 3.63) is 18.2 Å². The van der Waals surface area contributed by atoms with Crippen LogP contribution >= 0.6 is 0 Å². The largest absolute Gasteiger partial charge is 0.384 e. The first-order chi connectivity index (χ1) is 9.65. The number of nitrogens with one attached hydrogen (secondary N) is 2. The Hall–Kier alpha value is -1.56. The summed E-state index contributed by atoms with van der Waals surface area (Å²) >= 11 is 0. The number of H-pyrrole nitrogens is 1. The number of carbonyl (C=O) groups excluding carboxylic acids is 1. The van der Waals surface area contributed by atoms with Crippen LogP contribution in [0.5, 0.6) is 0 Å². The summed E-state index contributed by atoms with van der Waals surface area (Å²) < 4.78 is 5.33. The molecular formula is C14H24N4O2. The average molecular weight is 280 g/mol. The van der Waals surface area contributed by atoms with E-state index in [-0.39, 0.29) is 11.4 Å². The molecule has 0 bridgehead atoms. The third kappa shape index (κ3) is 3.72. The summed E-state index contributed by atoms with van der Waals surface area (Å²) in [7, 11) is 3.50. The maximum Gasteiger partial charge on any atom is 0.317 e. The zero-order valence-electron chi connectivity index (χ0n) is 12.3. The molecular weight excluding hydrogens is 256 g/mol. The quantitative estimate of drug-likeness (QED) is 0.834. The highest BCUT2D eigenvalue weighted by molar-refractivity contribution is 5.73. The minimum Gasteiger partial charge on any atom is -0.384 e. The molecule has 0 aromatic carbocycles. The van der Waals surface area contributed by atoms with E-state index in [2.05, 4.69) is 15.3 Å². The number of aromatic nitrogens is 2. The molecule has 1 saturated carbocycles. The third-order valence-corrected chi connectivity index (χ3v) is 4.02. The molecule has 112 valence electrons. The first-order valence-electron chi connectivity index (χ1n) is 7.11. The molecule has 0 atom stereocenters. The van der Waals surface area contributed by atoms with E-state index in [1.165, 1.54) is 12.8 Å². The summed E-state index contributed by atoms with van der Waals surface area (Å²) in [5, 5.41) is 3.03. The van der Waals surface area contributed by atoms with Crippen molar-refractivity contribution in [2.24, 2.45) is 5.41 Å². The van der Waals surface area contributed by atoms with Crippen molar-refractivity contribution in [3.63, 3.8) is 0 Å². The molecule has 1 heterocycles. The van der Waals surface area contributed by atoms with Crippen molar-refractivity contribution < 1.29 is 9.53 Å². The molecule has 0 saturated heterocycles. The summed E-state index contributed by atoms with van der Waals surface area (Å²) in [5.74, 6) is 0.787. The lowest BCUT2D eigenvalue weighted by Crippen LogP contribution is -2.44. The molecule has 1 fully saturated rings. The Kier molecular flexibility index (Phi) is 5.00. The number of aromatic amines is 1. The van der Waals surface area contributed by atoms with Crippen LogP contribution in [0.15, 0.2) is 12.4 Å². The SMILES string of the molecule is COCC1(CNC(=O)N(C)Cc2ncc[nH]2)CCCC1. The van der Waals surface area contributed by atoms with Gasteiger partial charge in [-0.1, -0.05) is 12.8 Å². The van der Waals surface area contributed by atoms with Crippen LogP contribution in [0.1, 0.15) is 31.5 Å². The second kappa shape index (κ2) is 6.74. The Morgan fingerprint density at radius 3 is 2.90 bits per heavy atom. The molecule has 0 spiro atoms. The summed E-state index contributed by atoms with van der Waals surface area (Å²) in [6, 6.07) is -0.0659. The van der Waals surface area contributed by atoms with E-state index >= 15 is 0 Å². The van der Waals surface area contributed by atoms with Crippen LogP contribution in [0.25, 0.3) is 0 Å². The number of ether oxygens (including phenoxy) is 1. The monoisotopic (exact) mass is 280 g/mol. The van der Waals surface area contributed by atoms with Gasteiger partial charge in [-0.25, -0.2) is 9.78 Å². The van der Waals surface area contributed by atoms with Crippen LogP contribution in [0.4, 0.5) is 4.79 Å². The van der Waals surface area contributed by atoms with Crippen molar-refractivity contribution in [1.29, 1.82) is 0 Å². The summed E-state index contributed by atoms with van der Waals surface area (Å²) in [6.45, 7) is 1.88. The molecule has 0 unspecified atom stereocenters. The van der Waals surface area contributed by atoms with Crippen molar-refractivity contribution in [2.45, 2.75) is 32.2 Å². The van der Waals surface area contributed by atoms with Crippen LogP contribution in [-0.4, -0.2) is 48.2 Å². The van der Waals surface area contributed by atoms with Gasteiger partial charge in [-0.2, -0.15) is 0 Å². The minimum absolute atomic E-state index is 0.0659. The van der Waals surface area contributed by atoms with E-state index in [4.69, 9.17) is 4.74 Å². The Morgan fingerprint density at radius 1 is 1.55 bits per heavy atom. The van der Waals surface area contributed by atoms with Gasteiger partial charge in [-0.3, -0.25) is 0 Å². The topological polar surface area (TPSA) is 70.2 Å². The van der Waals surface area contributed by atoms with Crippen LogP contribution < -0.4 is 5.32 Å². The standard InChI is InChI=1S/C14H24N4O2/c1-18(9-12-15-7-8-16-12)13(19)17-10-14(11-20-2)5-3-4-6-14/h7-8H,3-6,9-11H2,1-2H3,(H,15,16)(H,17,19). The number of urea groups is 1. The highest BCUT2D eigenvalue weighted by Crippen LogP contribution is 2.37. The van der Waals surface area contributed by atoms with E-state index < -0.39 is 0 Å². The number of methoxy groups -OCH3 is 1. The normalized spacial score (nSPS) is 17.1. The van der Waals surface area contributed by atoms with E-state index in [0.29, 0.717) is 13.1 Å². The molecule has 1 aromatic rings. The Bertz CT molecular complexity index is 413. The van der Waals surface area contributed by atoms with Gasteiger partial charge >= 0.3 is 6.03 Å².